The van der Waals surface area contributed by atoms with E-state index in [0.717, 1.165) is 11.4 Å². The molecule has 6 heteroatoms. The third kappa shape index (κ3) is 4.47. The van der Waals surface area contributed by atoms with Crippen molar-refractivity contribution in [3.8, 4) is 11.4 Å². The Morgan fingerprint density at radius 3 is 2.50 bits per heavy atom. The SMILES string of the molecule is Cc1ccnn1-c1ccc(C(=O)NCCCOc2ccc(F)cc2)cc1. The molecular weight excluding hydrogens is 333 g/mol. The lowest BCUT2D eigenvalue weighted by Crippen LogP contribution is -2.25. The van der Waals surface area contributed by atoms with Crippen molar-refractivity contribution >= 4 is 5.91 Å². The van der Waals surface area contributed by atoms with Crippen LogP contribution in [0.1, 0.15) is 22.5 Å². The zero-order valence-corrected chi connectivity index (χ0v) is 14.5. The van der Waals surface area contributed by atoms with Gasteiger partial charge in [-0.15, -0.1) is 0 Å². The van der Waals surface area contributed by atoms with Gasteiger partial charge in [0.2, 0.25) is 0 Å². The van der Waals surface area contributed by atoms with Gasteiger partial charge >= 0.3 is 0 Å². The first-order chi connectivity index (χ1) is 12.6. The lowest BCUT2D eigenvalue weighted by molar-refractivity contribution is 0.0951. The zero-order valence-electron chi connectivity index (χ0n) is 14.5. The number of nitrogens with zero attached hydrogens (tertiary/aromatic N) is 2. The molecule has 2 aromatic carbocycles. The predicted molar refractivity (Wildman–Crippen MR) is 97.1 cm³/mol. The molecular formula is C20H20FN3O2. The van der Waals surface area contributed by atoms with Crippen LogP contribution in [0.5, 0.6) is 5.75 Å². The van der Waals surface area contributed by atoms with Gasteiger partial charge in [0.25, 0.3) is 5.91 Å². The summed E-state index contributed by atoms with van der Waals surface area (Å²) < 4.78 is 20.1. The van der Waals surface area contributed by atoms with Crippen LogP contribution in [0.3, 0.4) is 0 Å². The molecule has 0 aliphatic rings. The topological polar surface area (TPSA) is 56.2 Å². The van der Waals surface area contributed by atoms with E-state index in [9.17, 15) is 9.18 Å². The number of rotatable bonds is 7. The second-order valence-corrected chi connectivity index (χ2v) is 5.84. The molecule has 0 radical (unpaired) electrons. The lowest BCUT2D eigenvalue weighted by Gasteiger charge is -2.08. The van der Waals surface area contributed by atoms with Crippen LogP contribution >= 0.6 is 0 Å². The van der Waals surface area contributed by atoms with Crippen LogP contribution in [-0.4, -0.2) is 28.8 Å². The average Bonchev–Trinajstić information content (AvgIpc) is 3.09. The standard InChI is InChI=1S/C20H20FN3O2/c1-15-11-13-23-24(15)18-7-3-16(4-8-18)20(25)22-12-2-14-26-19-9-5-17(21)6-10-19/h3-11,13H,2,12,14H2,1H3,(H,22,25). The zero-order chi connectivity index (χ0) is 18.4. The van der Waals surface area contributed by atoms with E-state index in [1.54, 1.807) is 30.5 Å². The van der Waals surface area contributed by atoms with Crippen molar-refractivity contribution in [2.75, 3.05) is 13.2 Å². The minimum Gasteiger partial charge on any atom is -0.494 e. The highest BCUT2D eigenvalue weighted by Gasteiger charge is 2.06. The quantitative estimate of drug-likeness (QED) is 0.661. The molecule has 0 unspecified atom stereocenters. The largest absolute Gasteiger partial charge is 0.494 e. The van der Waals surface area contributed by atoms with E-state index in [4.69, 9.17) is 4.74 Å². The summed E-state index contributed by atoms with van der Waals surface area (Å²) in [6.45, 7) is 2.92. The number of aryl methyl sites for hydroxylation is 1. The highest BCUT2D eigenvalue weighted by Crippen LogP contribution is 2.12. The summed E-state index contributed by atoms with van der Waals surface area (Å²) in [5.74, 6) is 0.191. The van der Waals surface area contributed by atoms with Gasteiger partial charge in [0.1, 0.15) is 11.6 Å². The molecule has 0 bridgehead atoms. The summed E-state index contributed by atoms with van der Waals surface area (Å²) in [6, 6.07) is 15.1. The number of carbonyl (C=O) groups is 1. The number of nitrogens with one attached hydrogen (secondary N) is 1. The number of ether oxygens (including phenoxy) is 1. The molecule has 0 spiro atoms. The van der Waals surface area contributed by atoms with Crippen molar-refractivity contribution in [3.05, 3.63) is 77.9 Å². The maximum absolute atomic E-state index is 12.8. The van der Waals surface area contributed by atoms with Gasteiger partial charge in [0.15, 0.2) is 0 Å². The van der Waals surface area contributed by atoms with Gasteiger partial charge in [-0.2, -0.15) is 5.10 Å². The van der Waals surface area contributed by atoms with Gasteiger partial charge in [-0.25, -0.2) is 9.07 Å². The van der Waals surface area contributed by atoms with Crippen molar-refractivity contribution in [2.24, 2.45) is 0 Å². The van der Waals surface area contributed by atoms with Crippen LogP contribution in [0, 0.1) is 12.7 Å². The number of aromatic nitrogens is 2. The van der Waals surface area contributed by atoms with E-state index in [-0.39, 0.29) is 11.7 Å². The second kappa shape index (κ2) is 8.29. The Balaban J connectivity index is 1.43. The molecule has 0 atom stereocenters. The number of carbonyl (C=O) groups excluding carboxylic acids is 1. The monoisotopic (exact) mass is 353 g/mol. The summed E-state index contributed by atoms with van der Waals surface area (Å²) in [5, 5.41) is 7.10. The van der Waals surface area contributed by atoms with Gasteiger partial charge in [0, 0.05) is 24.0 Å². The molecule has 0 fully saturated rings. The van der Waals surface area contributed by atoms with E-state index in [1.807, 2.05) is 29.8 Å². The van der Waals surface area contributed by atoms with Crippen LogP contribution < -0.4 is 10.1 Å². The fourth-order valence-corrected chi connectivity index (χ4v) is 2.49. The lowest BCUT2D eigenvalue weighted by atomic mass is 10.2. The number of amides is 1. The molecule has 3 rings (SSSR count). The fraction of sp³-hybridized carbons (Fsp3) is 0.200. The molecule has 26 heavy (non-hydrogen) atoms. The Hall–Kier alpha value is -3.15. The molecule has 0 saturated carbocycles. The van der Waals surface area contributed by atoms with Crippen LogP contribution in [0.15, 0.2) is 60.8 Å². The molecule has 1 aromatic heterocycles. The van der Waals surface area contributed by atoms with Crippen molar-refractivity contribution in [1.29, 1.82) is 0 Å². The minimum absolute atomic E-state index is 0.129. The van der Waals surface area contributed by atoms with E-state index in [0.29, 0.717) is 30.9 Å². The Labute approximate surface area is 151 Å². The molecule has 0 aliphatic heterocycles. The van der Waals surface area contributed by atoms with Gasteiger partial charge in [0.05, 0.1) is 12.3 Å². The molecule has 1 N–H and O–H groups in total. The normalized spacial score (nSPS) is 10.5. The fourth-order valence-electron chi connectivity index (χ4n) is 2.49. The van der Waals surface area contributed by atoms with Crippen LogP contribution in [0.4, 0.5) is 4.39 Å². The van der Waals surface area contributed by atoms with Crippen molar-refractivity contribution in [2.45, 2.75) is 13.3 Å². The van der Waals surface area contributed by atoms with Crippen LogP contribution in [-0.2, 0) is 0 Å². The summed E-state index contributed by atoms with van der Waals surface area (Å²) in [6.07, 6.45) is 2.40. The number of hydrogen-bond acceptors (Lipinski definition) is 3. The van der Waals surface area contributed by atoms with Gasteiger partial charge in [-0.1, -0.05) is 0 Å². The maximum atomic E-state index is 12.8. The smallest absolute Gasteiger partial charge is 0.251 e. The predicted octanol–water partition coefficient (Wildman–Crippen LogP) is 3.52. The first-order valence-electron chi connectivity index (χ1n) is 8.41. The highest BCUT2D eigenvalue weighted by atomic mass is 19.1. The van der Waals surface area contributed by atoms with E-state index < -0.39 is 0 Å². The molecule has 0 aliphatic carbocycles. The van der Waals surface area contributed by atoms with Crippen LogP contribution in [0.25, 0.3) is 5.69 Å². The van der Waals surface area contributed by atoms with Gasteiger partial charge in [-0.3, -0.25) is 4.79 Å². The van der Waals surface area contributed by atoms with Crippen molar-refractivity contribution < 1.29 is 13.9 Å². The molecule has 134 valence electrons. The number of benzene rings is 2. The average molecular weight is 353 g/mol. The Kier molecular flexibility index (Phi) is 5.63. The van der Waals surface area contributed by atoms with E-state index >= 15 is 0 Å². The summed E-state index contributed by atoms with van der Waals surface area (Å²) in [4.78, 5) is 12.2. The molecule has 0 saturated heterocycles. The minimum atomic E-state index is -0.293. The maximum Gasteiger partial charge on any atom is 0.251 e. The molecule has 1 amide bonds. The molecule has 5 nitrogen and oxygen atoms in total. The summed E-state index contributed by atoms with van der Waals surface area (Å²) in [5.41, 5.74) is 2.54. The first-order valence-corrected chi connectivity index (χ1v) is 8.41. The van der Waals surface area contributed by atoms with E-state index in [2.05, 4.69) is 10.4 Å². The van der Waals surface area contributed by atoms with Crippen molar-refractivity contribution in [3.63, 3.8) is 0 Å². The third-order valence-electron chi connectivity index (χ3n) is 3.90. The third-order valence-corrected chi connectivity index (χ3v) is 3.90. The molecule has 3 aromatic rings. The highest BCUT2D eigenvalue weighted by molar-refractivity contribution is 5.94. The summed E-state index contributed by atoms with van der Waals surface area (Å²) in [7, 11) is 0. The Morgan fingerprint density at radius 2 is 1.85 bits per heavy atom. The van der Waals surface area contributed by atoms with Gasteiger partial charge in [-0.05, 0) is 67.9 Å². The number of halogens is 1. The number of hydrogen-bond donors (Lipinski definition) is 1. The van der Waals surface area contributed by atoms with Crippen LogP contribution in [0.2, 0.25) is 0 Å². The van der Waals surface area contributed by atoms with E-state index in [1.165, 1.54) is 12.1 Å². The summed E-state index contributed by atoms with van der Waals surface area (Å²) >= 11 is 0. The van der Waals surface area contributed by atoms with Crippen molar-refractivity contribution in [1.82, 2.24) is 15.1 Å². The first kappa shape index (κ1) is 17.7. The Bertz CT molecular complexity index is 858. The van der Waals surface area contributed by atoms with Gasteiger partial charge < -0.3 is 10.1 Å². The molecule has 1 heterocycles. The second-order valence-electron chi connectivity index (χ2n) is 5.84. The Morgan fingerprint density at radius 1 is 1.12 bits per heavy atom.